The van der Waals surface area contributed by atoms with Crippen LogP contribution >= 0.6 is 11.6 Å². The number of likely N-dealkylation sites (tertiary alicyclic amines) is 1. The second-order valence-corrected chi connectivity index (χ2v) is 9.76. The van der Waals surface area contributed by atoms with Crippen molar-refractivity contribution in [3.8, 4) is 5.75 Å². The van der Waals surface area contributed by atoms with Crippen LogP contribution in [0.15, 0.2) is 42.6 Å². The number of carbonyl (C=O) groups excluding carboxylic acids is 3. The molecule has 1 saturated heterocycles. The number of fused-ring (bicyclic) bond motifs is 2. The Balaban J connectivity index is 1.36. The Labute approximate surface area is 206 Å². The van der Waals surface area contributed by atoms with Crippen LogP contribution in [0.5, 0.6) is 5.75 Å². The van der Waals surface area contributed by atoms with Crippen molar-refractivity contribution in [2.45, 2.75) is 38.9 Å². The SMILES string of the molecule is CC(=O)c1cn(CC(=O)N2C[C@@H]3CC[C@@H]3[C@H]2C(=O)NCc2cccc(Cl)c2F)c2cc(O)ccc12. The van der Waals surface area contributed by atoms with E-state index in [4.69, 9.17) is 11.6 Å². The fraction of sp³-hybridized carbons (Fsp3) is 0.346. The molecule has 0 radical (unpaired) electrons. The van der Waals surface area contributed by atoms with E-state index in [-0.39, 0.29) is 58.9 Å². The lowest BCUT2D eigenvalue weighted by Gasteiger charge is -2.32. The molecular weight excluding hydrogens is 473 g/mol. The quantitative estimate of drug-likeness (QED) is 0.505. The third-order valence-corrected chi connectivity index (χ3v) is 7.57. The molecule has 35 heavy (non-hydrogen) atoms. The van der Waals surface area contributed by atoms with Gasteiger partial charge in [0.05, 0.1) is 10.5 Å². The molecule has 3 aromatic rings. The number of benzene rings is 2. The highest BCUT2D eigenvalue weighted by Gasteiger charge is 2.51. The molecule has 182 valence electrons. The molecule has 3 atom stereocenters. The zero-order valence-corrected chi connectivity index (χ0v) is 19.9. The van der Waals surface area contributed by atoms with Crippen LogP contribution in [0.4, 0.5) is 4.39 Å². The molecule has 2 fully saturated rings. The fourth-order valence-corrected chi connectivity index (χ4v) is 5.52. The summed E-state index contributed by atoms with van der Waals surface area (Å²) in [6, 6.07) is 8.67. The Morgan fingerprint density at radius 3 is 2.71 bits per heavy atom. The van der Waals surface area contributed by atoms with Crippen molar-refractivity contribution >= 4 is 40.1 Å². The van der Waals surface area contributed by atoms with Gasteiger partial charge in [-0.1, -0.05) is 23.7 Å². The molecule has 2 aliphatic rings. The summed E-state index contributed by atoms with van der Waals surface area (Å²) in [6.07, 6.45) is 3.43. The van der Waals surface area contributed by atoms with Crippen LogP contribution in [-0.2, 0) is 22.7 Å². The molecule has 0 unspecified atom stereocenters. The molecule has 0 bridgehead atoms. The number of aromatic hydroxyl groups is 1. The first kappa shape index (κ1) is 23.4. The van der Waals surface area contributed by atoms with Gasteiger partial charge in [0, 0.05) is 41.9 Å². The molecule has 1 aliphatic carbocycles. The van der Waals surface area contributed by atoms with Crippen LogP contribution in [0.2, 0.25) is 5.02 Å². The van der Waals surface area contributed by atoms with Gasteiger partial charge in [-0.25, -0.2) is 4.39 Å². The fourth-order valence-electron chi connectivity index (χ4n) is 5.33. The van der Waals surface area contributed by atoms with Gasteiger partial charge in [-0.3, -0.25) is 14.4 Å². The number of amides is 2. The minimum Gasteiger partial charge on any atom is -0.508 e. The lowest BCUT2D eigenvalue weighted by Crippen LogP contribution is -2.49. The monoisotopic (exact) mass is 497 g/mol. The highest BCUT2D eigenvalue weighted by molar-refractivity contribution is 6.30. The smallest absolute Gasteiger partial charge is 0.243 e. The Bertz CT molecular complexity index is 1350. The zero-order valence-electron chi connectivity index (χ0n) is 19.1. The molecule has 5 rings (SSSR count). The molecule has 1 aliphatic heterocycles. The molecule has 2 aromatic carbocycles. The van der Waals surface area contributed by atoms with Gasteiger partial charge in [-0.15, -0.1) is 0 Å². The highest BCUT2D eigenvalue weighted by Crippen LogP contribution is 2.45. The molecule has 0 spiro atoms. The summed E-state index contributed by atoms with van der Waals surface area (Å²) >= 11 is 5.84. The summed E-state index contributed by atoms with van der Waals surface area (Å²) in [7, 11) is 0. The van der Waals surface area contributed by atoms with E-state index >= 15 is 0 Å². The maximum Gasteiger partial charge on any atom is 0.243 e. The summed E-state index contributed by atoms with van der Waals surface area (Å²) in [5.74, 6) is -0.912. The summed E-state index contributed by atoms with van der Waals surface area (Å²) in [5, 5.41) is 13.4. The Kier molecular flexibility index (Phi) is 6.01. The first-order valence-corrected chi connectivity index (χ1v) is 11.9. The van der Waals surface area contributed by atoms with Crippen LogP contribution in [0.25, 0.3) is 10.9 Å². The van der Waals surface area contributed by atoms with E-state index in [1.165, 1.54) is 25.1 Å². The number of phenols is 1. The number of phenolic OH excluding ortho intramolecular Hbond substituents is 1. The number of nitrogens with one attached hydrogen (secondary N) is 1. The standard InChI is InChI=1S/C26H25ClFN3O4/c1-14(32)20-12-30(22-9-17(33)6-8-19(20)22)13-23(34)31-11-16-5-7-18(16)25(31)26(35)29-10-15-3-2-4-21(27)24(15)28/h2-4,6,8-9,12,16,18,25,33H,5,7,10-11,13H2,1H3,(H,29,35)/t16-,18-,25-/m0/s1. The number of aromatic nitrogens is 1. The van der Waals surface area contributed by atoms with Crippen molar-refractivity contribution in [1.29, 1.82) is 0 Å². The van der Waals surface area contributed by atoms with E-state index < -0.39 is 11.9 Å². The Morgan fingerprint density at radius 1 is 1.20 bits per heavy atom. The Hall–Kier alpha value is -3.39. The number of rotatable bonds is 6. The maximum atomic E-state index is 14.2. The van der Waals surface area contributed by atoms with Crippen molar-refractivity contribution in [3.05, 3.63) is 64.6 Å². The largest absolute Gasteiger partial charge is 0.508 e. The first-order valence-electron chi connectivity index (χ1n) is 11.6. The van der Waals surface area contributed by atoms with Crippen molar-refractivity contribution in [2.75, 3.05) is 6.54 Å². The molecular formula is C26H25ClFN3O4. The third-order valence-electron chi connectivity index (χ3n) is 7.27. The van der Waals surface area contributed by atoms with Crippen molar-refractivity contribution < 1.29 is 23.9 Å². The number of hydrogen-bond acceptors (Lipinski definition) is 4. The van der Waals surface area contributed by atoms with Gasteiger partial charge in [0.2, 0.25) is 11.8 Å². The predicted octanol–water partition coefficient (Wildman–Crippen LogP) is 3.90. The molecule has 7 nitrogen and oxygen atoms in total. The van der Waals surface area contributed by atoms with Gasteiger partial charge < -0.3 is 19.9 Å². The lowest BCUT2D eigenvalue weighted by atomic mass is 9.73. The van der Waals surface area contributed by atoms with Crippen molar-refractivity contribution in [3.63, 3.8) is 0 Å². The number of ketones is 1. The van der Waals surface area contributed by atoms with Crippen molar-refractivity contribution in [2.24, 2.45) is 11.8 Å². The van der Waals surface area contributed by atoms with Crippen LogP contribution in [0.3, 0.4) is 0 Å². The number of hydrogen-bond donors (Lipinski definition) is 2. The van der Waals surface area contributed by atoms with E-state index in [0.717, 1.165) is 12.8 Å². The lowest BCUT2D eigenvalue weighted by molar-refractivity contribution is -0.140. The minimum absolute atomic E-state index is 0.0107. The van der Waals surface area contributed by atoms with Crippen LogP contribution < -0.4 is 5.32 Å². The zero-order chi connectivity index (χ0) is 24.9. The van der Waals surface area contributed by atoms with Gasteiger partial charge in [0.25, 0.3) is 0 Å². The van der Waals surface area contributed by atoms with E-state index in [1.807, 2.05) is 0 Å². The number of nitrogens with zero attached hydrogens (tertiary/aromatic N) is 2. The topological polar surface area (TPSA) is 91.6 Å². The molecule has 1 aromatic heterocycles. The molecule has 9 heteroatoms. The number of halogens is 2. The summed E-state index contributed by atoms with van der Waals surface area (Å²) < 4.78 is 15.9. The van der Waals surface area contributed by atoms with Crippen molar-refractivity contribution in [1.82, 2.24) is 14.8 Å². The summed E-state index contributed by atoms with van der Waals surface area (Å²) in [6.45, 7) is 1.84. The molecule has 2 heterocycles. The summed E-state index contributed by atoms with van der Waals surface area (Å²) in [4.78, 5) is 40.3. The Morgan fingerprint density at radius 2 is 2.00 bits per heavy atom. The second kappa shape index (κ2) is 9.00. The molecule has 2 N–H and O–H groups in total. The van der Waals surface area contributed by atoms with Gasteiger partial charge in [-0.05, 0) is 49.8 Å². The van der Waals surface area contributed by atoms with Gasteiger partial charge in [0.1, 0.15) is 24.2 Å². The van der Waals surface area contributed by atoms with E-state index in [0.29, 0.717) is 23.0 Å². The van der Waals surface area contributed by atoms with Crippen LogP contribution in [-0.4, -0.2) is 44.8 Å². The number of Topliss-reactive ketones (excluding diaryl/α,β-unsaturated/α-hetero) is 1. The predicted molar refractivity (Wildman–Crippen MR) is 129 cm³/mol. The highest BCUT2D eigenvalue weighted by atomic mass is 35.5. The maximum absolute atomic E-state index is 14.2. The normalized spacial score (nSPS) is 21.0. The first-order chi connectivity index (χ1) is 16.7. The molecule has 2 amide bonds. The molecule has 1 saturated carbocycles. The van der Waals surface area contributed by atoms with Gasteiger partial charge >= 0.3 is 0 Å². The van der Waals surface area contributed by atoms with Crippen LogP contribution in [0.1, 0.15) is 35.7 Å². The van der Waals surface area contributed by atoms with Gasteiger partial charge in [0.15, 0.2) is 5.78 Å². The van der Waals surface area contributed by atoms with E-state index in [1.54, 1.807) is 33.9 Å². The summed E-state index contributed by atoms with van der Waals surface area (Å²) in [5.41, 5.74) is 1.32. The van der Waals surface area contributed by atoms with E-state index in [2.05, 4.69) is 5.32 Å². The minimum atomic E-state index is -0.633. The second-order valence-electron chi connectivity index (χ2n) is 9.35. The third kappa shape index (κ3) is 4.16. The van der Waals surface area contributed by atoms with Gasteiger partial charge in [-0.2, -0.15) is 0 Å². The van der Waals surface area contributed by atoms with E-state index in [9.17, 15) is 23.9 Å². The average molecular weight is 498 g/mol. The van der Waals surface area contributed by atoms with Crippen LogP contribution in [0, 0.1) is 17.7 Å². The average Bonchev–Trinajstić information content (AvgIpc) is 3.28. The number of carbonyl (C=O) groups is 3.